The van der Waals surface area contributed by atoms with Crippen molar-refractivity contribution in [3.63, 3.8) is 0 Å². The van der Waals surface area contributed by atoms with E-state index in [4.69, 9.17) is 0 Å². The molecule has 0 spiro atoms. The molecule has 1 saturated carbocycles. The summed E-state index contributed by atoms with van der Waals surface area (Å²) in [5, 5.41) is 0. The van der Waals surface area contributed by atoms with Gasteiger partial charge in [0.2, 0.25) is 5.91 Å². The molecule has 1 aromatic rings. The molecule has 3 heteroatoms. The summed E-state index contributed by atoms with van der Waals surface area (Å²) < 4.78 is 0. The lowest BCUT2D eigenvalue weighted by Gasteiger charge is -2.11. The first kappa shape index (κ1) is 13.3. The van der Waals surface area contributed by atoms with Gasteiger partial charge in [0.25, 0.3) is 0 Å². The fourth-order valence-corrected chi connectivity index (χ4v) is 3.42. The first-order chi connectivity index (χ1) is 9.65. The number of amides is 1. The van der Waals surface area contributed by atoms with E-state index in [-0.39, 0.29) is 11.7 Å². The molecular formula is C17H21NO2. The van der Waals surface area contributed by atoms with Gasteiger partial charge in [-0.2, -0.15) is 0 Å². The molecule has 0 aromatic heterocycles. The number of carbonyl (C=O) groups excluding carboxylic acids is 2. The molecule has 1 aliphatic heterocycles. The van der Waals surface area contributed by atoms with E-state index < -0.39 is 0 Å². The molecule has 2 aliphatic rings. The monoisotopic (exact) mass is 271 g/mol. The number of rotatable bonds is 4. The molecule has 0 bridgehead atoms. The highest BCUT2D eigenvalue weighted by molar-refractivity contribution is 6.03. The number of fused-ring (bicyclic) bond motifs is 1. The zero-order valence-corrected chi connectivity index (χ0v) is 12.0. The van der Waals surface area contributed by atoms with E-state index in [2.05, 4.69) is 0 Å². The number of hydrogen-bond donors (Lipinski definition) is 0. The maximum atomic E-state index is 12.3. The van der Waals surface area contributed by atoms with Crippen molar-refractivity contribution in [3.05, 3.63) is 29.3 Å². The van der Waals surface area contributed by atoms with Crippen molar-refractivity contribution < 1.29 is 9.59 Å². The minimum Gasteiger partial charge on any atom is -0.315 e. The van der Waals surface area contributed by atoms with Crippen LogP contribution in [0.4, 0.5) is 5.69 Å². The molecule has 3 nitrogen and oxygen atoms in total. The number of carbonyl (C=O) groups is 2. The predicted molar refractivity (Wildman–Crippen MR) is 79.1 cm³/mol. The van der Waals surface area contributed by atoms with Crippen LogP contribution < -0.4 is 4.90 Å². The van der Waals surface area contributed by atoms with E-state index in [0.29, 0.717) is 12.8 Å². The molecule has 0 N–H and O–H groups in total. The van der Waals surface area contributed by atoms with Crippen molar-refractivity contribution in [1.29, 1.82) is 0 Å². The summed E-state index contributed by atoms with van der Waals surface area (Å²) in [6.07, 6.45) is 7.32. The molecule has 1 fully saturated rings. The lowest BCUT2D eigenvalue weighted by Crippen LogP contribution is -2.20. The summed E-state index contributed by atoms with van der Waals surface area (Å²) in [4.78, 5) is 25.6. The van der Waals surface area contributed by atoms with Crippen LogP contribution in [0, 0.1) is 5.92 Å². The van der Waals surface area contributed by atoms with E-state index in [1.54, 1.807) is 11.9 Å². The molecule has 3 rings (SSSR count). The maximum Gasteiger partial charge on any atom is 0.231 e. The van der Waals surface area contributed by atoms with Gasteiger partial charge in [-0.3, -0.25) is 9.59 Å². The van der Waals surface area contributed by atoms with Crippen LogP contribution in [-0.4, -0.2) is 18.7 Å². The normalized spacial score (nSPS) is 18.6. The van der Waals surface area contributed by atoms with Crippen molar-refractivity contribution in [3.8, 4) is 0 Å². The van der Waals surface area contributed by atoms with E-state index in [1.807, 2.05) is 18.2 Å². The summed E-state index contributed by atoms with van der Waals surface area (Å²) in [6, 6.07) is 5.68. The standard InChI is InChI=1S/C17H21NO2/c1-18-15-8-7-13(10-14(15)11-17(18)20)16(19)9-6-12-4-2-3-5-12/h7-8,10,12H,2-6,9,11H2,1H3. The molecule has 1 heterocycles. The third-order valence-corrected chi connectivity index (χ3v) is 4.73. The molecule has 20 heavy (non-hydrogen) atoms. The summed E-state index contributed by atoms with van der Waals surface area (Å²) in [5.41, 5.74) is 2.71. The number of hydrogen-bond acceptors (Lipinski definition) is 2. The molecule has 0 atom stereocenters. The van der Waals surface area contributed by atoms with Gasteiger partial charge < -0.3 is 4.90 Å². The Balaban J connectivity index is 1.67. The van der Waals surface area contributed by atoms with E-state index in [9.17, 15) is 9.59 Å². The second-order valence-electron chi connectivity index (χ2n) is 6.09. The second kappa shape index (κ2) is 5.39. The van der Waals surface area contributed by atoms with Crippen molar-refractivity contribution in [1.82, 2.24) is 0 Å². The lowest BCUT2D eigenvalue weighted by molar-refractivity contribution is -0.117. The summed E-state index contributed by atoms with van der Waals surface area (Å²) in [5.74, 6) is 1.08. The highest BCUT2D eigenvalue weighted by Gasteiger charge is 2.25. The number of Topliss-reactive ketones (excluding diaryl/α,β-unsaturated/α-hetero) is 1. The fourth-order valence-electron chi connectivity index (χ4n) is 3.42. The van der Waals surface area contributed by atoms with Gasteiger partial charge in [0.15, 0.2) is 5.78 Å². The van der Waals surface area contributed by atoms with Gasteiger partial charge in [-0.25, -0.2) is 0 Å². The van der Waals surface area contributed by atoms with E-state index >= 15 is 0 Å². The molecule has 0 saturated heterocycles. The SMILES string of the molecule is CN1C(=O)Cc2cc(C(=O)CCC3CCCC3)ccc21. The van der Waals surface area contributed by atoms with Crippen LogP contribution in [0.1, 0.15) is 54.4 Å². The van der Waals surface area contributed by atoms with Crippen LogP contribution in [0.5, 0.6) is 0 Å². The first-order valence-electron chi connectivity index (χ1n) is 7.58. The summed E-state index contributed by atoms with van der Waals surface area (Å²) in [7, 11) is 1.79. The largest absolute Gasteiger partial charge is 0.315 e. The fraction of sp³-hybridized carbons (Fsp3) is 0.529. The van der Waals surface area contributed by atoms with Crippen molar-refractivity contribution in [2.75, 3.05) is 11.9 Å². The first-order valence-corrected chi connectivity index (χ1v) is 7.58. The average molecular weight is 271 g/mol. The van der Waals surface area contributed by atoms with Crippen LogP contribution >= 0.6 is 0 Å². The summed E-state index contributed by atoms with van der Waals surface area (Å²) >= 11 is 0. The Labute approximate surface area is 120 Å². The van der Waals surface area contributed by atoms with Crippen LogP contribution in [0.25, 0.3) is 0 Å². The zero-order chi connectivity index (χ0) is 14.1. The van der Waals surface area contributed by atoms with Gasteiger partial charge in [-0.15, -0.1) is 0 Å². The second-order valence-corrected chi connectivity index (χ2v) is 6.09. The van der Waals surface area contributed by atoms with E-state index in [0.717, 1.165) is 29.2 Å². The van der Waals surface area contributed by atoms with Crippen LogP contribution in [-0.2, 0) is 11.2 Å². The zero-order valence-electron chi connectivity index (χ0n) is 12.0. The quantitative estimate of drug-likeness (QED) is 0.787. The van der Waals surface area contributed by atoms with Gasteiger partial charge in [0, 0.05) is 24.7 Å². The van der Waals surface area contributed by atoms with Crippen molar-refractivity contribution in [2.45, 2.75) is 44.9 Å². The molecular weight excluding hydrogens is 250 g/mol. The number of nitrogens with zero attached hydrogens (tertiary/aromatic N) is 1. The Morgan fingerprint density at radius 1 is 1.30 bits per heavy atom. The Hall–Kier alpha value is -1.64. The Morgan fingerprint density at radius 2 is 2.05 bits per heavy atom. The smallest absolute Gasteiger partial charge is 0.231 e. The molecule has 1 aromatic carbocycles. The van der Waals surface area contributed by atoms with Gasteiger partial charge >= 0.3 is 0 Å². The highest BCUT2D eigenvalue weighted by atomic mass is 16.2. The highest BCUT2D eigenvalue weighted by Crippen LogP contribution is 2.31. The molecule has 0 radical (unpaired) electrons. The Kier molecular flexibility index (Phi) is 3.60. The molecule has 1 aliphatic carbocycles. The van der Waals surface area contributed by atoms with Gasteiger partial charge in [0.1, 0.15) is 0 Å². The molecule has 0 unspecified atom stereocenters. The average Bonchev–Trinajstić information content (AvgIpc) is 3.05. The van der Waals surface area contributed by atoms with Crippen molar-refractivity contribution >= 4 is 17.4 Å². The Bertz CT molecular complexity index is 544. The number of likely N-dealkylation sites (N-methyl/N-ethyl adjacent to an activating group) is 1. The maximum absolute atomic E-state index is 12.3. The summed E-state index contributed by atoms with van der Waals surface area (Å²) in [6.45, 7) is 0. The predicted octanol–water partition coefficient (Wildman–Crippen LogP) is 3.36. The van der Waals surface area contributed by atoms with Gasteiger partial charge in [0.05, 0.1) is 6.42 Å². The molecule has 1 amide bonds. The van der Waals surface area contributed by atoms with E-state index in [1.165, 1.54) is 25.7 Å². The van der Waals surface area contributed by atoms with Gasteiger partial charge in [-0.05, 0) is 36.1 Å². The van der Waals surface area contributed by atoms with Crippen LogP contribution in [0.15, 0.2) is 18.2 Å². The third kappa shape index (κ3) is 2.49. The lowest BCUT2D eigenvalue weighted by atomic mass is 9.96. The van der Waals surface area contributed by atoms with Crippen LogP contribution in [0.3, 0.4) is 0 Å². The van der Waals surface area contributed by atoms with Gasteiger partial charge in [-0.1, -0.05) is 25.7 Å². The minimum atomic E-state index is 0.107. The topological polar surface area (TPSA) is 37.4 Å². The molecule has 106 valence electrons. The number of benzene rings is 1. The minimum absolute atomic E-state index is 0.107. The Morgan fingerprint density at radius 3 is 2.80 bits per heavy atom. The number of anilines is 1. The number of ketones is 1. The van der Waals surface area contributed by atoms with Crippen molar-refractivity contribution in [2.24, 2.45) is 5.92 Å². The van der Waals surface area contributed by atoms with Crippen LogP contribution in [0.2, 0.25) is 0 Å². The third-order valence-electron chi connectivity index (χ3n) is 4.73.